The van der Waals surface area contributed by atoms with Gasteiger partial charge in [0.15, 0.2) is 6.33 Å². The number of benzene rings is 1. The third-order valence-corrected chi connectivity index (χ3v) is 4.85. The van der Waals surface area contributed by atoms with Crippen LogP contribution in [-0.2, 0) is 22.5 Å². The Morgan fingerprint density at radius 2 is 2.22 bits per heavy atom. The Morgan fingerprint density at radius 3 is 3.00 bits per heavy atom. The number of nitrogens with one attached hydrogen (secondary N) is 1. The highest BCUT2D eigenvalue weighted by atomic mass is 16.5. The zero-order valence-electron chi connectivity index (χ0n) is 12.7. The van der Waals surface area contributed by atoms with Crippen LogP contribution in [0.5, 0.6) is 0 Å². The van der Waals surface area contributed by atoms with Crippen LogP contribution in [0.25, 0.3) is 0 Å². The first-order chi connectivity index (χ1) is 11.3. The number of amides is 1. The van der Waals surface area contributed by atoms with Crippen molar-refractivity contribution in [3.63, 3.8) is 0 Å². The normalized spacial score (nSPS) is 28.9. The third-order valence-electron chi connectivity index (χ3n) is 4.85. The van der Waals surface area contributed by atoms with E-state index in [4.69, 9.17) is 4.74 Å². The van der Waals surface area contributed by atoms with Crippen LogP contribution in [0.1, 0.15) is 12.0 Å². The van der Waals surface area contributed by atoms with Gasteiger partial charge in [0, 0.05) is 24.5 Å². The van der Waals surface area contributed by atoms with E-state index in [9.17, 15) is 4.79 Å². The fourth-order valence-electron chi connectivity index (χ4n) is 3.79. The first kappa shape index (κ1) is 14.3. The van der Waals surface area contributed by atoms with Crippen molar-refractivity contribution in [1.29, 1.82) is 0 Å². The average molecular weight is 313 g/mol. The quantitative estimate of drug-likeness (QED) is 0.866. The van der Waals surface area contributed by atoms with Crippen molar-refractivity contribution in [2.24, 2.45) is 11.8 Å². The predicted octanol–water partition coefficient (Wildman–Crippen LogP) is 0.435. The minimum Gasteiger partial charge on any atom is -0.377 e. The maximum Gasteiger partial charge on any atom is 0.243 e. The van der Waals surface area contributed by atoms with Gasteiger partial charge >= 0.3 is 0 Å². The van der Waals surface area contributed by atoms with Gasteiger partial charge in [0.1, 0.15) is 6.54 Å². The summed E-state index contributed by atoms with van der Waals surface area (Å²) in [5, 5.41) is 14.4. The summed E-state index contributed by atoms with van der Waals surface area (Å²) >= 11 is 0. The molecule has 23 heavy (non-hydrogen) atoms. The smallest absolute Gasteiger partial charge is 0.243 e. The van der Waals surface area contributed by atoms with Gasteiger partial charge in [-0.15, -0.1) is 10.2 Å². The topological polar surface area (TPSA) is 81.9 Å². The summed E-state index contributed by atoms with van der Waals surface area (Å²) in [5.41, 5.74) is 1.28. The second kappa shape index (κ2) is 6.08. The molecule has 0 radical (unpaired) electrons. The van der Waals surface area contributed by atoms with Gasteiger partial charge < -0.3 is 10.1 Å². The third kappa shape index (κ3) is 2.84. The molecular formula is C16H19N5O2. The van der Waals surface area contributed by atoms with Gasteiger partial charge in [-0.25, -0.2) is 0 Å². The van der Waals surface area contributed by atoms with Crippen molar-refractivity contribution in [2.75, 3.05) is 6.61 Å². The van der Waals surface area contributed by atoms with E-state index < -0.39 is 0 Å². The van der Waals surface area contributed by atoms with E-state index in [2.05, 4.69) is 32.9 Å². The highest BCUT2D eigenvalue weighted by Gasteiger charge is 2.53. The molecule has 2 fully saturated rings. The summed E-state index contributed by atoms with van der Waals surface area (Å²) in [6.45, 7) is 0.893. The van der Waals surface area contributed by atoms with Crippen LogP contribution >= 0.6 is 0 Å². The Labute approximate surface area is 134 Å². The average Bonchev–Trinajstić information content (AvgIpc) is 3.21. The summed E-state index contributed by atoms with van der Waals surface area (Å²) < 4.78 is 5.86. The molecule has 1 aromatic carbocycles. The lowest BCUT2D eigenvalue weighted by atomic mass is 9.64. The first-order valence-electron chi connectivity index (χ1n) is 7.97. The molecule has 1 amide bonds. The summed E-state index contributed by atoms with van der Waals surface area (Å²) in [5.74, 6) is 0.685. The molecule has 2 aromatic rings. The Morgan fingerprint density at radius 1 is 1.35 bits per heavy atom. The van der Waals surface area contributed by atoms with Crippen LogP contribution in [0.3, 0.4) is 0 Å². The molecule has 0 bridgehead atoms. The number of hydrogen-bond acceptors (Lipinski definition) is 5. The fourth-order valence-corrected chi connectivity index (χ4v) is 3.79. The van der Waals surface area contributed by atoms with Crippen molar-refractivity contribution in [2.45, 2.75) is 31.5 Å². The van der Waals surface area contributed by atoms with Crippen molar-refractivity contribution >= 4 is 5.91 Å². The Bertz CT molecular complexity index is 660. The Balaban J connectivity index is 1.42. The van der Waals surface area contributed by atoms with E-state index >= 15 is 0 Å². The van der Waals surface area contributed by atoms with Crippen LogP contribution in [0.15, 0.2) is 36.7 Å². The molecule has 1 saturated heterocycles. The standard InChI is InChI=1S/C16H19N5O2/c22-14(9-21-18-10-17-20-21)19-15-12-6-7-23-16(12)13(15)8-11-4-2-1-3-5-11/h1-5,10,12-13,15-16H,6-9H2,(H,19,22)/t12-,13+,15-,16-/m0/s1. The second-order valence-corrected chi connectivity index (χ2v) is 6.20. The Hall–Kier alpha value is -2.28. The van der Waals surface area contributed by atoms with E-state index in [1.54, 1.807) is 0 Å². The molecule has 0 unspecified atom stereocenters. The van der Waals surface area contributed by atoms with Crippen molar-refractivity contribution in [3.05, 3.63) is 42.2 Å². The minimum atomic E-state index is -0.0728. The van der Waals surface area contributed by atoms with Gasteiger partial charge in [0.25, 0.3) is 0 Å². The molecule has 1 N–H and O–H groups in total. The van der Waals surface area contributed by atoms with Crippen LogP contribution in [0.2, 0.25) is 0 Å². The van der Waals surface area contributed by atoms with Crippen LogP contribution in [0, 0.1) is 11.8 Å². The number of nitrogens with zero attached hydrogens (tertiary/aromatic N) is 4. The number of hydrogen-bond donors (Lipinski definition) is 1. The number of carbonyl (C=O) groups excluding carboxylic acids is 1. The number of rotatable bonds is 5. The van der Waals surface area contributed by atoms with Gasteiger partial charge in [0.2, 0.25) is 5.91 Å². The van der Waals surface area contributed by atoms with Gasteiger partial charge in [0.05, 0.1) is 6.10 Å². The number of ether oxygens (including phenoxy) is 1. The van der Waals surface area contributed by atoms with E-state index in [0.29, 0.717) is 11.8 Å². The van der Waals surface area contributed by atoms with Crippen LogP contribution in [-0.4, -0.2) is 44.9 Å². The fraction of sp³-hybridized carbons (Fsp3) is 0.500. The lowest BCUT2D eigenvalue weighted by Gasteiger charge is -2.48. The molecule has 1 aliphatic heterocycles. The zero-order chi connectivity index (χ0) is 15.6. The summed E-state index contributed by atoms with van der Waals surface area (Å²) in [4.78, 5) is 13.5. The lowest BCUT2D eigenvalue weighted by Crippen LogP contribution is -2.62. The van der Waals surface area contributed by atoms with E-state index in [0.717, 1.165) is 19.4 Å². The monoisotopic (exact) mass is 313 g/mol. The van der Waals surface area contributed by atoms with Gasteiger partial charge in [-0.05, 0) is 23.6 Å². The van der Waals surface area contributed by atoms with Gasteiger partial charge in [-0.1, -0.05) is 30.3 Å². The predicted molar refractivity (Wildman–Crippen MR) is 81.2 cm³/mol. The molecule has 1 aromatic heterocycles. The zero-order valence-corrected chi connectivity index (χ0v) is 12.7. The first-order valence-corrected chi connectivity index (χ1v) is 7.97. The summed E-state index contributed by atoms with van der Waals surface area (Å²) in [6.07, 6.45) is 3.54. The molecule has 2 heterocycles. The van der Waals surface area contributed by atoms with Crippen molar-refractivity contribution in [3.8, 4) is 0 Å². The maximum absolute atomic E-state index is 12.2. The maximum atomic E-state index is 12.2. The van der Waals surface area contributed by atoms with Gasteiger partial charge in [-0.3, -0.25) is 4.79 Å². The van der Waals surface area contributed by atoms with Crippen LogP contribution in [0.4, 0.5) is 0 Å². The molecule has 0 spiro atoms. The summed E-state index contributed by atoms with van der Waals surface area (Å²) in [7, 11) is 0. The van der Waals surface area contributed by atoms with Crippen molar-refractivity contribution in [1.82, 2.24) is 25.5 Å². The largest absolute Gasteiger partial charge is 0.377 e. The van der Waals surface area contributed by atoms with E-state index in [-0.39, 0.29) is 24.6 Å². The highest BCUT2D eigenvalue weighted by molar-refractivity contribution is 5.76. The molecule has 4 atom stereocenters. The number of tetrazole rings is 1. The second-order valence-electron chi connectivity index (χ2n) is 6.20. The van der Waals surface area contributed by atoms with Crippen molar-refractivity contribution < 1.29 is 9.53 Å². The lowest BCUT2D eigenvalue weighted by molar-refractivity contribution is -0.128. The number of fused-ring (bicyclic) bond motifs is 1. The van der Waals surface area contributed by atoms with E-state index in [1.807, 2.05) is 18.2 Å². The molecule has 2 aliphatic rings. The molecule has 7 nitrogen and oxygen atoms in total. The number of carbonyl (C=O) groups is 1. The highest BCUT2D eigenvalue weighted by Crippen LogP contribution is 2.45. The van der Waals surface area contributed by atoms with Crippen LogP contribution < -0.4 is 5.32 Å². The Kier molecular flexibility index (Phi) is 3.78. The molecule has 1 aliphatic carbocycles. The van der Waals surface area contributed by atoms with Gasteiger partial charge in [-0.2, -0.15) is 4.80 Å². The molecule has 120 valence electrons. The molecule has 7 heteroatoms. The molecular weight excluding hydrogens is 294 g/mol. The minimum absolute atomic E-state index is 0.0728. The summed E-state index contributed by atoms with van der Waals surface area (Å²) in [6, 6.07) is 10.5. The SMILES string of the molecule is O=C(Cn1ncnn1)N[C@@H]1[C@@H](Cc2ccccc2)[C@H]2OCC[C@@H]12. The number of aromatic nitrogens is 4. The molecule has 4 rings (SSSR count). The molecule has 1 saturated carbocycles. The van der Waals surface area contributed by atoms with E-state index in [1.165, 1.54) is 16.7 Å².